The number of amides is 2. The molecule has 0 bridgehead atoms. The van der Waals surface area contributed by atoms with Crippen molar-refractivity contribution in [1.29, 1.82) is 0 Å². The van der Waals surface area contributed by atoms with Gasteiger partial charge in [-0.15, -0.1) is 0 Å². The molecule has 9 heteroatoms. The molecule has 0 saturated carbocycles. The minimum atomic E-state index is -4.01. The standard InChI is InChI=1S/C20H23F2N3O3S/c1-14-4-6-18(7-5-14)24-20(26)23-12-15-3-2-8-25(13-15)29(27,28)19-10-16(21)9-17(22)11-19/h4-7,9-11,15H,2-3,8,12-13H2,1H3,(H2,23,24,26). The van der Waals surface area contributed by atoms with Crippen LogP contribution >= 0.6 is 0 Å². The topological polar surface area (TPSA) is 78.5 Å². The number of halogens is 2. The van der Waals surface area contributed by atoms with E-state index in [0.29, 0.717) is 24.7 Å². The first-order valence-electron chi connectivity index (χ1n) is 9.32. The second-order valence-electron chi connectivity index (χ2n) is 7.18. The Labute approximate surface area is 169 Å². The predicted molar refractivity (Wildman–Crippen MR) is 106 cm³/mol. The first-order chi connectivity index (χ1) is 13.7. The maximum atomic E-state index is 13.4. The third-order valence-electron chi connectivity index (χ3n) is 4.82. The van der Waals surface area contributed by atoms with E-state index in [4.69, 9.17) is 0 Å². The van der Waals surface area contributed by atoms with Crippen LogP contribution in [0.4, 0.5) is 19.3 Å². The molecule has 0 spiro atoms. The molecule has 3 rings (SSSR count). The summed E-state index contributed by atoms with van der Waals surface area (Å²) in [7, 11) is -4.01. The van der Waals surface area contributed by atoms with E-state index in [0.717, 1.165) is 24.1 Å². The van der Waals surface area contributed by atoms with Gasteiger partial charge in [0.05, 0.1) is 4.90 Å². The summed E-state index contributed by atoms with van der Waals surface area (Å²) in [6.45, 7) is 2.68. The Morgan fingerprint density at radius 2 is 1.79 bits per heavy atom. The molecular weight excluding hydrogens is 400 g/mol. The van der Waals surface area contributed by atoms with Crippen LogP contribution in [0.1, 0.15) is 18.4 Å². The highest BCUT2D eigenvalue weighted by Crippen LogP contribution is 2.24. The van der Waals surface area contributed by atoms with Crippen LogP contribution in [0.3, 0.4) is 0 Å². The van der Waals surface area contributed by atoms with E-state index < -0.39 is 26.6 Å². The van der Waals surface area contributed by atoms with E-state index in [1.807, 2.05) is 19.1 Å². The molecule has 1 aliphatic rings. The van der Waals surface area contributed by atoms with E-state index in [-0.39, 0.29) is 25.0 Å². The number of carbonyl (C=O) groups excluding carboxylic acids is 1. The van der Waals surface area contributed by atoms with Crippen LogP contribution < -0.4 is 10.6 Å². The summed E-state index contributed by atoms with van der Waals surface area (Å²) in [4.78, 5) is 11.7. The quantitative estimate of drug-likeness (QED) is 0.773. The second-order valence-corrected chi connectivity index (χ2v) is 9.12. The number of sulfonamides is 1. The van der Waals surface area contributed by atoms with Gasteiger partial charge in [-0.05, 0) is 49.9 Å². The number of hydrogen-bond acceptors (Lipinski definition) is 3. The van der Waals surface area contributed by atoms with Crippen LogP contribution in [-0.2, 0) is 10.0 Å². The number of nitrogens with one attached hydrogen (secondary N) is 2. The largest absolute Gasteiger partial charge is 0.338 e. The van der Waals surface area contributed by atoms with Gasteiger partial charge < -0.3 is 10.6 Å². The molecule has 1 atom stereocenters. The first kappa shape index (κ1) is 21.2. The Morgan fingerprint density at radius 3 is 2.45 bits per heavy atom. The monoisotopic (exact) mass is 423 g/mol. The lowest BCUT2D eigenvalue weighted by molar-refractivity contribution is 0.238. The van der Waals surface area contributed by atoms with Crippen LogP contribution in [0.2, 0.25) is 0 Å². The minimum Gasteiger partial charge on any atom is -0.338 e. The van der Waals surface area contributed by atoms with Gasteiger partial charge in [0.1, 0.15) is 11.6 Å². The zero-order chi connectivity index (χ0) is 21.0. The average Bonchev–Trinajstić information content (AvgIpc) is 2.68. The molecule has 29 heavy (non-hydrogen) atoms. The van der Waals surface area contributed by atoms with E-state index in [1.54, 1.807) is 12.1 Å². The number of rotatable bonds is 5. The van der Waals surface area contributed by atoms with Crippen LogP contribution in [-0.4, -0.2) is 38.4 Å². The van der Waals surface area contributed by atoms with Crippen LogP contribution in [0.5, 0.6) is 0 Å². The molecule has 1 unspecified atom stereocenters. The molecular formula is C20H23F2N3O3S. The zero-order valence-electron chi connectivity index (χ0n) is 16.0. The molecule has 1 fully saturated rings. The normalized spacial score (nSPS) is 17.7. The molecule has 156 valence electrons. The molecule has 1 aliphatic heterocycles. The van der Waals surface area contributed by atoms with Crippen molar-refractivity contribution in [3.8, 4) is 0 Å². The van der Waals surface area contributed by atoms with E-state index >= 15 is 0 Å². The molecule has 6 nitrogen and oxygen atoms in total. The second kappa shape index (κ2) is 8.87. The molecule has 2 aromatic rings. The first-order valence-corrected chi connectivity index (χ1v) is 10.8. The molecule has 1 saturated heterocycles. The highest BCUT2D eigenvalue weighted by Gasteiger charge is 2.31. The highest BCUT2D eigenvalue weighted by molar-refractivity contribution is 7.89. The molecule has 0 aliphatic carbocycles. The number of piperidine rings is 1. The summed E-state index contributed by atoms with van der Waals surface area (Å²) in [6, 6.07) is 9.24. The Bertz CT molecular complexity index is 961. The van der Waals surface area contributed by atoms with Gasteiger partial charge in [0.15, 0.2) is 0 Å². The number of nitrogens with zero attached hydrogens (tertiary/aromatic N) is 1. The fourth-order valence-electron chi connectivity index (χ4n) is 3.29. The molecule has 0 radical (unpaired) electrons. The van der Waals surface area contributed by atoms with Crippen molar-refractivity contribution in [3.63, 3.8) is 0 Å². The van der Waals surface area contributed by atoms with Gasteiger partial charge in [-0.25, -0.2) is 22.0 Å². The highest BCUT2D eigenvalue weighted by atomic mass is 32.2. The van der Waals surface area contributed by atoms with Crippen molar-refractivity contribution in [2.45, 2.75) is 24.7 Å². The fourth-order valence-corrected chi connectivity index (χ4v) is 4.89. The lowest BCUT2D eigenvalue weighted by Crippen LogP contribution is -2.44. The van der Waals surface area contributed by atoms with Gasteiger partial charge >= 0.3 is 6.03 Å². The predicted octanol–water partition coefficient (Wildman–Crippen LogP) is 3.50. The Hall–Kier alpha value is -2.52. The van der Waals surface area contributed by atoms with E-state index in [9.17, 15) is 22.0 Å². The van der Waals surface area contributed by atoms with E-state index in [2.05, 4.69) is 10.6 Å². The molecule has 0 aromatic heterocycles. The summed E-state index contributed by atoms with van der Waals surface area (Å²) in [5.74, 6) is -1.97. The van der Waals surface area contributed by atoms with Gasteiger partial charge in [-0.2, -0.15) is 4.31 Å². The van der Waals surface area contributed by atoms with Gasteiger partial charge in [0, 0.05) is 31.4 Å². The zero-order valence-corrected chi connectivity index (χ0v) is 16.8. The SMILES string of the molecule is Cc1ccc(NC(=O)NCC2CCCN(S(=O)(=O)c3cc(F)cc(F)c3)C2)cc1. The van der Waals surface area contributed by atoms with Crippen LogP contribution in [0.25, 0.3) is 0 Å². The van der Waals surface area contributed by atoms with Crippen molar-refractivity contribution in [3.05, 3.63) is 59.7 Å². The van der Waals surface area contributed by atoms with Crippen molar-refractivity contribution in [2.75, 3.05) is 25.0 Å². The molecule has 2 amide bonds. The maximum Gasteiger partial charge on any atom is 0.319 e. The third kappa shape index (κ3) is 5.51. The van der Waals surface area contributed by atoms with Gasteiger partial charge in [0.25, 0.3) is 0 Å². The molecule has 1 heterocycles. The molecule has 2 N–H and O–H groups in total. The van der Waals surface area contributed by atoms with Gasteiger partial charge in [0.2, 0.25) is 10.0 Å². The summed E-state index contributed by atoms with van der Waals surface area (Å²) < 4.78 is 53.6. The lowest BCUT2D eigenvalue weighted by atomic mass is 10.00. The summed E-state index contributed by atoms with van der Waals surface area (Å²) in [5.41, 5.74) is 1.74. The Morgan fingerprint density at radius 1 is 1.14 bits per heavy atom. The van der Waals surface area contributed by atoms with Crippen molar-refractivity contribution in [1.82, 2.24) is 9.62 Å². The number of aryl methyl sites for hydroxylation is 1. The van der Waals surface area contributed by atoms with Crippen molar-refractivity contribution in [2.24, 2.45) is 5.92 Å². The van der Waals surface area contributed by atoms with Crippen LogP contribution in [0.15, 0.2) is 47.4 Å². The maximum absolute atomic E-state index is 13.4. The lowest BCUT2D eigenvalue weighted by Gasteiger charge is -2.32. The average molecular weight is 423 g/mol. The Balaban J connectivity index is 1.58. The smallest absolute Gasteiger partial charge is 0.319 e. The summed E-state index contributed by atoms with van der Waals surface area (Å²) in [6.07, 6.45) is 1.34. The third-order valence-corrected chi connectivity index (χ3v) is 6.66. The Kier molecular flexibility index (Phi) is 6.49. The number of hydrogen-bond donors (Lipinski definition) is 2. The van der Waals surface area contributed by atoms with Gasteiger partial charge in [-0.3, -0.25) is 0 Å². The molecule has 2 aromatic carbocycles. The van der Waals surface area contributed by atoms with Crippen molar-refractivity contribution < 1.29 is 22.0 Å². The number of benzene rings is 2. The van der Waals surface area contributed by atoms with Crippen LogP contribution in [0, 0.1) is 24.5 Å². The fraction of sp³-hybridized carbons (Fsp3) is 0.350. The van der Waals surface area contributed by atoms with E-state index in [1.165, 1.54) is 4.31 Å². The number of urea groups is 1. The summed E-state index contributed by atoms with van der Waals surface area (Å²) in [5, 5.41) is 5.48. The number of carbonyl (C=O) groups is 1. The van der Waals surface area contributed by atoms with Crippen molar-refractivity contribution >= 4 is 21.7 Å². The number of anilines is 1. The summed E-state index contributed by atoms with van der Waals surface area (Å²) >= 11 is 0. The van der Waals surface area contributed by atoms with Gasteiger partial charge in [-0.1, -0.05) is 17.7 Å². The minimum absolute atomic E-state index is 0.0966.